The molecule has 0 spiro atoms. The average Bonchev–Trinajstić information content (AvgIpc) is 2.71. The summed E-state index contributed by atoms with van der Waals surface area (Å²) in [5.41, 5.74) is 2.93. The zero-order valence-corrected chi connectivity index (χ0v) is 16.3. The Bertz CT molecular complexity index is 895. The molecule has 0 amide bonds. The normalized spacial score (nSPS) is 14.5. The summed E-state index contributed by atoms with van der Waals surface area (Å²) in [6, 6.07) is 18.4. The molecule has 2 aromatic carbocycles. The van der Waals surface area contributed by atoms with Crippen LogP contribution in [0.4, 0.5) is 29.0 Å². The second-order valence-electron chi connectivity index (χ2n) is 6.92. The lowest BCUT2D eigenvalue weighted by atomic mass is 9.96. The van der Waals surface area contributed by atoms with Gasteiger partial charge in [-0.05, 0) is 60.8 Å². The highest BCUT2D eigenvalue weighted by atomic mass is 35.5. The summed E-state index contributed by atoms with van der Waals surface area (Å²) in [6.07, 6.45) is 6.07. The molecule has 0 atom stereocenters. The summed E-state index contributed by atoms with van der Waals surface area (Å²) in [4.78, 5) is 12.9. The molecule has 0 bridgehead atoms. The summed E-state index contributed by atoms with van der Waals surface area (Å²) in [5.74, 6) is 0.957. The van der Waals surface area contributed by atoms with Crippen LogP contribution in [0, 0.1) is 0 Å². The van der Waals surface area contributed by atoms with Crippen LogP contribution in [0.25, 0.3) is 0 Å². The van der Waals surface area contributed by atoms with E-state index in [1.54, 1.807) is 0 Å². The van der Waals surface area contributed by atoms with Gasteiger partial charge >= 0.3 is 0 Å². The first-order chi connectivity index (χ1) is 13.7. The van der Waals surface area contributed by atoms with Gasteiger partial charge < -0.3 is 16.0 Å². The third-order valence-corrected chi connectivity index (χ3v) is 4.92. The van der Waals surface area contributed by atoms with Crippen molar-refractivity contribution in [3.05, 3.63) is 59.9 Å². The van der Waals surface area contributed by atoms with Crippen molar-refractivity contribution in [2.24, 2.45) is 0 Å². The number of nitrogens with zero attached hydrogens (tertiary/aromatic N) is 3. The number of hydrogen-bond donors (Lipinski definition) is 3. The van der Waals surface area contributed by atoms with Gasteiger partial charge in [0.25, 0.3) is 0 Å². The summed E-state index contributed by atoms with van der Waals surface area (Å²) in [5, 5.41) is 10.1. The topological polar surface area (TPSA) is 74.8 Å². The predicted octanol–water partition coefficient (Wildman–Crippen LogP) is 5.76. The molecule has 4 rings (SSSR count). The summed E-state index contributed by atoms with van der Waals surface area (Å²) >= 11 is 6.10. The number of anilines is 5. The fourth-order valence-electron chi connectivity index (χ4n) is 3.35. The minimum absolute atomic E-state index is 0.179. The fourth-order valence-corrected chi connectivity index (χ4v) is 3.51. The second kappa shape index (κ2) is 8.89. The van der Waals surface area contributed by atoms with E-state index in [1.807, 2.05) is 54.6 Å². The highest BCUT2D eigenvalue weighted by Crippen LogP contribution is 2.23. The highest BCUT2D eigenvalue weighted by Gasteiger charge is 2.15. The molecule has 3 aromatic rings. The SMILES string of the molecule is Clc1nc(Nc2ccc(Nc3ccccc3)cc2)nc(NC2CCCCC2)n1. The number of nitrogens with one attached hydrogen (secondary N) is 3. The fraction of sp³-hybridized carbons (Fsp3) is 0.286. The molecule has 0 radical (unpaired) electrons. The zero-order valence-electron chi connectivity index (χ0n) is 15.5. The van der Waals surface area contributed by atoms with Gasteiger partial charge in [-0.2, -0.15) is 15.0 Å². The lowest BCUT2D eigenvalue weighted by molar-refractivity contribution is 0.461. The molecule has 7 heteroatoms. The van der Waals surface area contributed by atoms with Crippen molar-refractivity contribution >= 4 is 40.6 Å². The van der Waals surface area contributed by atoms with Crippen LogP contribution in [-0.2, 0) is 0 Å². The summed E-state index contributed by atoms with van der Waals surface area (Å²) in [6.45, 7) is 0. The Balaban J connectivity index is 1.41. The lowest BCUT2D eigenvalue weighted by Gasteiger charge is -2.22. The molecule has 1 aromatic heterocycles. The van der Waals surface area contributed by atoms with Gasteiger partial charge in [0.2, 0.25) is 17.2 Å². The minimum Gasteiger partial charge on any atom is -0.356 e. The third kappa shape index (κ3) is 5.10. The first kappa shape index (κ1) is 18.5. The number of hydrogen-bond acceptors (Lipinski definition) is 6. The molecule has 6 nitrogen and oxygen atoms in total. The van der Waals surface area contributed by atoms with Crippen LogP contribution in [0.3, 0.4) is 0 Å². The number of halogens is 1. The average molecular weight is 395 g/mol. The Morgan fingerprint density at radius 3 is 2.00 bits per heavy atom. The Kier molecular flexibility index (Phi) is 5.87. The van der Waals surface area contributed by atoms with Crippen LogP contribution in [0.15, 0.2) is 54.6 Å². The van der Waals surface area contributed by atoms with E-state index in [4.69, 9.17) is 11.6 Å². The van der Waals surface area contributed by atoms with E-state index < -0.39 is 0 Å². The molecular formula is C21H23ClN6. The molecule has 3 N–H and O–H groups in total. The number of rotatable bonds is 6. The van der Waals surface area contributed by atoms with Crippen LogP contribution < -0.4 is 16.0 Å². The van der Waals surface area contributed by atoms with Crippen LogP contribution in [-0.4, -0.2) is 21.0 Å². The molecule has 1 aliphatic rings. The Morgan fingerprint density at radius 1 is 0.679 bits per heavy atom. The van der Waals surface area contributed by atoms with E-state index in [1.165, 1.54) is 19.3 Å². The Morgan fingerprint density at radius 2 is 1.29 bits per heavy atom. The van der Waals surface area contributed by atoms with E-state index in [2.05, 4.69) is 30.9 Å². The van der Waals surface area contributed by atoms with Gasteiger partial charge in [0, 0.05) is 23.1 Å². The van der Waals surface area contributed by atoms with Crippen LogP contribution in [0.1, 0.15) is 32.1 Å². The summed E-state index contributed by atoms with van der Waals surface area (Å²) in [7, 11) is 0. The molecule has 1 heterocycles. The number of para-hydroxylation sites is 1. The van der Waals surface area contributed by atoms with Crippen LogP contribution in [0.2, 0.25) is 5.28 Å². The van der Waals surface area contributed by atoms with Crippen molar-refractivity contribution in [2.45, 2.75) is 38.1 Å². The van der Waals surface area contributed by atoms with Gasteiger partial charge in [0.1, 0.15) is 0 Å². The minimum atomic E-state index is 0.179. The highest BCUT2D eigenvalue weighted by molar-refractivity contribution is 6.28. The molecule has 1 saturated carbocycles. The maximum absolute atomic E-state index is 6.10. The first-order valence-corrected chi connectivity index (χ1v) is 10.00. The number of benzene rings is 2. The van der Waals surface area contributed by atoms with Crippen LogP contribution >= 0.6 is 11.6 Å². The van der Waals surface area contributed by atoms with E-state index >= 15 is 0 Å². The van der Waals surface area contributed by atoms with Gasteiger partial charge in [-0.15, -0.1) is 0 Å². The van der Waals surface area contributed by atoms with Gasteiger partial charge in [0.15, 0.2) is 0 Å². The van der Waals surface area contributed by atoms with Gasteiger partial charge in [0.05, 0.1) is 0 Å². The van der Waals surface area contributed by atoms with Crippen molar-refractivity contribution in [1.29, 1.82) is 0 Å². The molecule has 0 unspecified atom stereocenters. The zero-order chi connectivity index (χ0) is 19.2. The molecule has 28 heavy (non-hydrogen) atoms. The van der Waals surface area contributed by atoms with Crippen molar-refractivity contribution in [3.63, 3.8) is 0 Å². The standard InChI is InChI=1S/C21H23ClN6/c22-19-26-20(24-16-9-5-2-6-10-16)28-21(27-19)25-18-13-11-17(12-14-18)23-15-7-3-1-4-8-15/h1,3-4,7-8,11-14,16,23H,2,5-6,9-10H2,(H2,24,25,26,27,28). The van der Waals surface area contributed by atoms with Crippen molar-refractivity contribution in [2.75, 3.05) is 16.0 Å². The van der Waals surface area contributed by atoms with Gasteiger partial charge in [-0.25, -0.2) is 0 Å². The Labute approximate surface area is 169 Å². The van der Waals surface area contributed by atoms with Crippen molar-refractivity contribution < 1.29 is 0 Å². The number of aromatic nitrogens is 3. The first-order valence-electron chi connectivity index (χ1n) is 9.62. The Hall–Kier alpha value is -2.86. The molecule has 0 saturated heterocycles. The molecule has 144 valence electrons. The third-order valence-electron chi connectivity index (χ3n) is 4.75. The molecule has 1 aliphatic carbocycles. The monoisotopic (exact) mass is 394 g/mol. The van der Waals surface area contributed by atoms with E-state index in [0.717, 1.165) is 29.9 Å². The molecular weight excluding hydrogens is 372 g/mol. The molecule has 1 fully saturated rings. The van der Waals surface area contributed by atoms with E-state index in [9.17, 15) is 0 Å². The van der Waals surface area contributed by atoms with Gasteiger partial charge in [-0.3, -0.25) is 0 Å². The summed E-state index contributed by atoms with van der Waals surface area (Å²) < 4.78 is 0. The smallest absolute Gasteiger partial charge is 0.233 e. The largest absolute Gasteiger partial charge is 0.356 e. The maximum Gasteiger partial charge on any atom is 0.233 e. The second-order valence-corrected chi connectivity index (χ2v) is 7.26. The maximum atomic E-state index is 6.10. The van der Waals surface area contributed by atoms with E-state index in [-0.39, 0.29) is 5.28 Å². The molecule has 0 aliphatic heterocycles. The van der Waals surface area contributed by atoms with Crippen LogP contribution in [0.5, 0.6) is 0 Å². The van der Waals surface area contributed by atoms with E-state index in [0.29, 0.717) is 17.9 Å². The van der Waals surface area contributed by atoms with Crippen molar-refractivity contribution in [3.8, 4) is 0 Å². The lowest BCUT2D eigenvalue weighted by Crippen LogP contribution is -2.23. The van der Waals surface area contributed by atoms with Crippen molar-refractivity contribution in [1.82, 2.24) is 15.0 Å². The van der Waals surface area contributed by atoms with Gasteiger partial charge in [-0.1, -0.05) is 37.5 Å². The quantitative estimate of drug-likeness (QED) is 0.493. The predicted molar refractivity (Wildman–Crippen MR) is 115 cm³/mol.